The summed E-state index contributed by atoms with van der Waals surface area (Å²) in [6.07, 6.45) is 2.31. The van der Waals surface area contributed by atoms with Gasteiger partial charge in [0.15, 0.2) is 6.04 Å². The molecule has 2 fully saturated rings. The zero-order valence-corrected chi connectivity index (χ0v) is 15.3. The maximum Gasteiger partial charge on any atom is 0.278 e. The van der Waals surface area contributed by atoms with Crippen LogP contribution in [0.3, 0.4) is 0 Å². The zero-order chi connectivity index (χ0) is 17.6. The van der Waals surface area contributed by atoms with Gasteiger partial charge in [-0.1, -0.05) is 0 Å². The number of quaternary nitrogens is 2. The van der Waals surface area contributed by atoms with Gasteiger partial charge in [0.05, 0.1) is 7.11 Å². The summed E-state index contributed by atoms with van der Waals surface area (Å²) < 4.78 is 11.0. The molecule has 0 bridgehead atoms. The van der Waals surface area contributed by atoms with Crippen molar-refractivity contribution in [2.75, 3.05) is 46.4 Å². The Labute approximate surface area is 150 Å². The molecule has 2 aliphatic rings. The van der Waals surface area contributed by atoms with Crippen molar-refractivity contribution in [3.05, 3.63) is 24.3 Å². The smallest absolute Gasteiger partial charge is 0.278 e. The van der Waals surface area contributed by atoms with Gasteiger partial charge in [0.2, 0.25) is 0 Å². The third kappa shape index (κ3) is 5.34. The first-order valence-corrected chi connectivity index (χ1v) is 9.41. The molecule has 6 nitrogen and oxygen atoms in total. The van der Waals surface area contributed by atoms with Crippen LogP contribution >= 0.6 is 0 Å². The fourth-order valence-corrected chi connectivity index (χ4v) is 3.33. The summed E-state index contributed by atoms with van der Waals surface area (Å²) in [7, 11) is 1.66. The van der Waals surface area contributed by atoms with Crippen molar-refractivity contribution in [1.82, 2.24) is 5.32 Å². The zero-order valence-electron chi connectivity index (χ0n) is 15.3. The molecule has 6 heteroatoms. The van der Waals surface area contributed by atoms with Gasteiger partial charge < -0.3 is 24.6 Å². The van der Waals surface area contributed by atoms with Gasteiger partial charge in [0.25, 0.3) is 5.91 Å². The fraction of sp³-hybridized carbons (Fsp3) is 0.632. The minimum absolute atomic E-state index is 0.0673. The lowest BCUT2D eigenvalue weighted by Gasteiger charge is -2.32. The summed E-state index contributed by atoms with van der Waals surface area (Å²) in [5, 5.41) is 3.13. The molecule has 0 radical (unpaired) electrons. The summed E-state index contributed by atoms with van der Waals surface area (Å²) in [6.45, 7) is 8.08. The van der Waals surface area contributed by atoms with Crippen LogP contribution in [0.4, 0.5) is 0 Å². The lowest BCUT2D eigenvalue weighted by atomic mass is 10.2. The van der Waals surface area contributed by atoms with Gasteiger partial charge in [-0.3, -0.25) is 4.79 Å². The van der Waals surface area contributed by atoms with E-state index in [-0.39, 0.29) is 11.9 Å². The minimum atomic E-state index is 0.0673. The molecule has 0 spiro atoms. The van der Waals surface area contributed by atoms with E-state index in [1.54, 1.807) is 12.0 Å². The number of ether oxygens (including phenoxy) is 2. The molecule has 1 aliphatic carbocycles. The summed E-state index contributed by atoms with van der Waals surface area (Å²) in [5.41, 5.74) is 0. The van der Waals surface area contributed by atoms with E-state index < -0.39 is 0 Å². The molecule has 1 heterocycles. The van der Waals surface area contributed by atoms with Crippen LogP contribution in [-0.2, 0) is 4.79 Å². The van der Waals surface area contributed by atoms with Crippen LogP contribution in [0.5, 0.6) is 11.5 Å². The van der Waals surface area contributed by atoms with Crippen LogP contribution in [0.25, 0.3) is 0 Å². The number of benzene rings is 1. The van der Waals surface area contributed by atoms with E-state index in [1.807, 2.05) is 24.3 Å². The Hall–Kier alpha value is -1.79. The lowest BCUT2D eigenvalue weighted by Crippen LogP contribution is -3.30. The maximum atomic E-state index is 12.2. The van der Waals surface area contributed by atoms with E-state index in [2.05, 4.69) is 12.2 Å². The standard InChI is InChI=1S/C19H29N3O3/c1-15(19(23)20-16-3-4-16)22-11-9-21(10-12-22)13-14-25-18-7-5-17(24-2)6-8-18/h5-8,15-16H,3-4,9-14H2,1-2H3,(H,20,23)/p+2/t15-/m0/s1. The SMILES string of the molecule is COc1ccc(OCC[NH+]2CC[NH+]([C@@H](C)C(=O)NC3CC3)CC2)cc1. The molecule has 1 aliphatic heterocycles. The van der Waals surface area contributed by atoms with Crippen LogP contribution in [-0.4, -0.2) is 64.4 Å². The van der Waals surface area contributed by atoms with E-state index in [1.165, 1.54) is 4.90 Å². The molecule has 0 aromatic heterocycles. The lowest BCUT2D eigenvalue weighted by molar-refractivity contribution is -1.02. The van der Waals surface area contributed by atoms with Gasteiger partial charge in [-0.25, -0.2) is 0 Å². The van der Waals surface area contributed by atoms with Crippen molar-refractivity contribution >= 4 is 5.91 Å². The van der Waals surface area contributed by atoms with Crippen molar-refractivity contribution < 1.29 is 24.1 Å². The first kappa shape index (κ1) is 18.0. The molecule has 1 atom stereocenters. The van der Waals surface area contributed by atoms with Crippen molar-refractivity contribution in [3.8, 4) is 11.5 Å². The molecule has 138 valence electrons. The van der Waals surface area contributed by atoms with E-state index >= 15 is 0 Å². The van der Waals surface area contributed by atoms with E-state index in [9.17, 15) is 4.79 Å². The number of hydrogen-bond donors (Lipinski definition) is 3. The number of hydrogen-bond acceptors (Lipinski definition) is 3. The third-order valence-corrected chi connectivity index (χ3v) is 5.31. The topological polar surface area (TPSA) is 56.4 Å². The number of carbonyl (C=O) groups is 1. The molecule has 1 aromatic carbocycles. The molecule has 3 rings (SSSR count). The Morgan fingerprint density at radius 3 is 2.40 bits per heavy atom. The van der Waals surface area contributed by atoms with Gasteiger partial charge in [0, 0.05) is 6.04 Å². The van der Waals surface area contributed by atoms with Crippen molar-refractivity contribution in [2.24, 2.45) is 0 Å². The van der Waals surface area contributed by atoms with Crippen molar-refractivity contribution in [3.63, 3.8) is 0 Å². The predicted molar refractivity (Wildman–Crippen MR) is 95.4 cm³/mol. The average molecular weight is 349 g/mol. The molecule has 0 unspecified atom stereocenters. The van der Waals surface area contributed by atoms with Gasteiger partial charge >= 0.3 is 0 Å². The van der Waals surface area contributed by atoms with Gasteiger partial charge in [-0.15, -0.1) is 0 Å². The number of rotatable bonds is 8. The second-order valence-electron chi connectivity index (χ2n) is 7.19. The second-order valence-corrected chi connectivity index (χ2v) is 7.19. The third-order valence-electron chi connectivity index (χ3n) is 5.31. The van der Waals surface area contributed by atoms with E-state index in [0.717, 1.165) is 57.1 Å². The predicted octanol–water partition coefficient (Wildman–Crippen LogP) is -1.48. The first-order valence-electron chi connectivity index (χ1n) is 9.41. The van der Waals surface area contributed by atoms with E-state index in [4.69, 9.17) is 9.47 Å². The van der Waals surface area contributed by atoms with Crippen molar-refractivity contribution in [2.45, 2.75) is 31.8 Å². The summed E-state index contributed by atoms with van der Waals surface area (Å²) >= 11 is 0. The molecule has 25 heavy (non-hydrogen) atoms. The Bertz CT molecular complexity index is 552. The Morgan fingerprint density at radius 1 is 1.16 bits per heavy atom. The molecule has 1 saturated carbocycles. The second kappa shape index (κ2) is 8.54. The molecular weight excluding hydrogens is 318 g/mol. The molecular formula is C19H31N3O3+2. The Morgan fingerprint density at radius 2 is 1.80 bits per heavy atom. The van der Waals surface area contributed by atoms with Crippen molar-refractivity contribution in [1.29, 1.82) is 0 Å². The largest absolute Gasteiger partial charge is 0.497 e. The van der Waals surface area contributed by atoms with Gasteiger partial charge in [-0.2, -0.15) is 0 Å². The molecule has 3 N–H and O–H groups in total. The Kier molecular flexibility index (Phi) is 6.15. The highest BCUT2D eigenvalue weighted by Crippen LogP contribution is 2.18. The highest BCUT2D eigenvalue weighted by molar-refractivity contribution is 5.80. The molecule has 1 aromatic rings. The van der Waals surface area contributed by atoms with E-state index in [0.29, 0.717) is 12.6 Å². The van der Waals surface area contributed by atoms with Gasteiger partial charge in [0.1, 0.15) is 50.8 Å². The highest BCUT2D eigenvalue weighted by Gasteiger charge is 2.33. The fourth-order valence-electron chi connectivity index (χ4n) is 3.33. The highest BCUT2D eigenvalue weighted by atomic mass is 16.5. The number of nitrogens with one attached hydrogen (secondary N) is 3. The van der Waals surface area contributed by atoms with Crippen LogP contribution in [0.15, 0.2) is 24.3 Å². The van der Waals surface area contributed by atoms with Crippen LogP contribution in [0, 0.1) is 0 Å². The average Bonchev–Trinajstić information content (AvgIpc) is 3.46. The van der Waals surface area contributed by atoms with Crippen LogP contribution in [0.1, 0.15) is 19.8 Å². The molecule has 1 amide bonds. The summed E-state index contributed by atoms with van der Waals surface area (Å²) in [6, 6.07) is 8.23. The number of carbonyl (C=O) groups excluding carboxylic acids is 1. The molecule has 1 saturated heterocycles. The minimum Gasteiger partial charge on any atom is -0.497 e. The number of piperazine rings is 1. The normalized spacial score (nSPS) is 24.4. The number of amides is 1. The van der Waals surface area contributed by atoms with Crippen LogP contribution < -0.4 is 24.6 Å². The number of methoxy groups -OCH3 is 1. The van der Waals surface area contributed by atoms with Gasteiger partial charge in [-0.05, 0) is 44.0 Å². The summed E-state index contributed by atoms with van der Waals surface area (Å²) in [4.78, 5) is 15.2. The Balaban J connectivity index is 1.33. The quantitative estimate of drug-likeness (QED) is 0.537. The maximum absolute atomic E-state index is 12.2. The van der Waals surface area contributed by atoms with Crippen LogP contribution in [0.2, 0.25) is 0 Å². The summed E-state index contributed by atoms with van der Waals surface area (Å²) in [5.74, 6) is 1.95. The monoisotopic (exact) mass is 349 g/mol. The first-order chi connectivity index (χ1) is 12.2.